The zero-order valence-electron chi connectivity index (χ0n) is 16.4. The number of benzene rings is 1. The Morgan fingerprint density at radius 3 is 2.44 bits per heavy atom. The lowest BCUT2D eigenvalue weighted by atomic mass is 9.89. The van der Waals surface area contributed by atoms with Gasteiger partial charge in [-0.05, 0) is 38.0 Å². The van der Waals surface area contributed by atoms with Crippen LogP contribution in [-0.2, 0) is 16.0 Å². The summed E-state index contributed by atoms with van der Waals surface area (Å²) < 4.78 is 4.48. The molecule has 0 radical (unpaired) electrons. The summed E-state index contributed by atoms with van der Waals surface area (Å²) in [5.41, 5.74) is 6.35. The number of aliphatic imine (C=N–C) groups is 1. The molecular formula is C23H25N2O2+. The van der Waals surface area contributed by atoms with Crippen molar-refractivity contribution in [3.05, 3.63) is 65.4 Å². The molecule has 0 bridgehead atoms. The monoisotopic (exact) mass is 361 g/mol. The maximum Gasteiger partial charge on any atom is 0.376 e. The molecule has 0 N–H and O–H groups in total. The van der Waals surface area contributed by atoms with Gasteiger partial charge >= 0.3 is 5.71 Å². The van der Waals surface area contributed by atoms with Crippen LogP contribution in [0.3, 0.4) is 0 Å². The molecule has 1 aromatic rings. The van der Waals surface area contributed by atoms with Gasteiger partial charge in [-0.25, -0.2) is 0 Å². The molecule has 1 aliphatic rings. The smallest absolute Gasteiger partial charge is 0.299 e. The van der Waals surface area contributed by atoms with Crippen molar-refractivity contribution >= 4 is 34.8 Å². The van der Waals surface area contributed by atoms with Gasteiger partial charge in [0.05, 0.1) is 12.0 Å². The van der Waals surface area contributed by atoms with Crippen molar-refractivity contribution in [2.24, 2.45) is 4.99 Å². The lowest BCUT2D eigenvalue weighted by Gasteiger charge is -2.10. The average molecular weight is 361 g/mol. The molecule has 0 amide bonds. The molecule has 0 atom stereocenters. The van der Waals surface area contributed by atoms with Crippen LogP contribution in [0.15, 0.2) is 53.7 Å². The van der Waals surface area contributed by atoms with Crippen molar-refractivity contribution in [2.75, 3.05) is 0 Å². The van der Waals surface area contributed by atoms with Crippen LogP contribution < -0.4 is 4.67 Å². The fourth-order valence-corrected chi connectivity index (χ4v) is 2.91. The lowest BCUT2D eigenvalue weighted by molar-refractivity contribution is -0.116. The fraction of sp³-hybridized carbons (Fsp3) is 0.261. The van der Waals surface area contributed by atoms with Gasteiger partial charge in [0.1, 0.15) is 12.2 Å². The Balaban J connectivity index is 2.60. The van der Waals surface area contributed by atoms with Gasteiger partial charge in [-0.2, -0.15) is 0 Å². The number of ketones is 2. The van der Waals surface area contributed by atoms with E-state index in [2.05, 4.69) is 22.8 Å². The molecule has 27 heavy (non-hydrogen) atoms. The standard InChI is InChI=1S/C23H25N2O2/c1-14(2)9-20(13-24-15(3)4)18-7-8-19-11-21(10-16(5)26)25-23(17(6)27)22(19)12-18/h7-9,12-13H,1,3,10-11H2,2,4-6H3/q+1/b20-9+,24-13?. The van der Waals surface area contributed by atoms with E-state index in [1.54, 1.807) is 6.21 Å². The van der Waals surface area contributed by atoms with E-state index in [1.165, 1.54) is 13.8 Å². The van der Waals surface area contributed by atoms with Crippen molar-refractivity contribution in [2.45, 2.75) is 40.5 Å². The predicted octanol–water partition coefficient (Wildman–Crippen LogP) is 3.67. The van der Waals surface area contributed by atoms with Gasteiger partial charge in [-0.1, -0.05) is 41.6 Å². The third-order valence-corrected chi connectivity index (χ3v) is 3.98. The van der Waals surface area contributed by atoms with Gasteiger partial charge in [0, 0.05) is 24.4 Å². The molecule has 0 aromatic heterocycles. The van der Waals surface area contributed by atoms with Crippen molar-refractivity contribution in [1.29, 1.82) is 0 Å². The first-order chi connectivity index (χ1) is 12.7. The molecule has 0 spiro atoms. The number of carbonyl (C=O) groups is 2. The maximum absolute atomic E-state index is 12.2. The minimum atomic E-state index is -0.116. The Hall–Kier alpha value is -3.10. The maximum atomic E-state index is 12.2. The van der Waals surface area contributed by atoms with E-state index in [1.807, 2.05) is 38.1 Å². The summed E-state index contributed by atoms with van der Waals surface area (Å²) in [6.45, 7) is 14.5. The normalized spacial score (nSPS) is 13.7. The van der Waals surface area contributed by atoms with Gasteiger partial charge in [0.2, 0.25) is 5.78 Å². The van der Waals surface area contributed by atoms with E-state index in [0.717, 1.165) is 33.5 Å². The highest BCUT2D eigenvalue weighted by Crippen LogP contribution is 2.22. The highest BCUT2D eigenvalue weighted by atomic mass is 16.1. The van der Waals surface area contributed by atoms with Gasteiger partial charge in [-0.15, -0.1) is 0 Å². The van der Waals surface area contributed by atoms with E-state index >= 15 is 0 Å². The summed E-state index contributed by atoms with van der Waals surface area (Å²) >= 11 is 0. The molecule has 1 aromatic carbocycles. The highest BCUT2D eigenvalue weighted by molar-refractivity contribution is 6.46. The number of allylic oxidation sites excluding steroid dienone is 4. The van der Waals surface area contributed by atoms with E-state index in [9.17, 15) is 9.59 Å². The van der Waals surface area contributed by atoms with Crippen LogP contribution in [0.2, 0.25) is 0 Å². The minimum Gasteiger partial charge on any atom is -0.299 e. The SMILES string of the molecule is C=C(C)/C=C(\C=NC(=C)C)c1ccc2c(c1)C(C(C)=O)=[N+]=C(CC(C)=O)C2. The molecule has 4 heteroatoms. The largest absolute Gasteiger partial charge is 0.376 e. The van der Waals surface area contributed by atoms with Crippen molar-refractivity contribution in [3.8, 4) is 0 Å². The van der Waals surface area contributed by atoms with E-state index in [4.69, 9.17) is 0 Å². The van der Waals surface area contributed by atoms with Crippen LogP contribution in [-0.4, -0.2) is 29.2 Å². The van der Waals surface area contributed by atoms with E-state index in [0.29, 0.717) is 17.8 Å². The second kappa shape index (κ2) is 8.52. The Morgan fingerprint density at radius 1 is 1.19 bits per heavy atom. The second-order valence-corrected chi connectivity index (χ2v) is 6.95. The molecule has 0 fully saturated rings. The fourth-order valence-electron chi connectivity index (χ4n) is 2.91. The van der Waals surface area contributed by atoms with Crippen molar-refractivity contribution < 1.29 is 9.59 Å². The van der Waals surface area contributed by atoms with Gasteiger partial charge in [0.15, 0.2) is 0 Å². The second-order valence-electron chi connectivity index (χ2n) is 6.95. The number of carbonyl (C=O) groups excluding carboxylic acids is 2. The summed E-state index contributed by atoms with van der Waals surface area (Å²) in [6, 6.07) is 5.94. The molecule has 1 heterocycles. The van der Waals surface area contributed by atoms with Gasteiger partial charge < -0.3 is 0 Å². The van der Waals surface area contributed by atoms with E-state index < -0.39 is 0 Å². The Morgan fingerprint density at radius 2 is 1.89 bits per heavy atom. The summed E-state index contributed by atoms with van der Waals surface area (Å²) in [6.07, 6.45) is 4.53. The average Bonchev–Trinajstić information content (AvgIpc) is 2.56. The predicted molar refractivity (Wildman–Crippen MR) is 113 cm³/mol. The number of nitrogens with zero attached hydrogens (tertiary/aromatic N) is 2. The number of hydrogen-bond donors (Lipinski definition) is 0. The molecule has 1 aliphatic heterocycles. The number of Topliss-reactive ketones (excluding diaryl/α,β-unsaturated/α-hetero) is 2. The summed E-state index contributed by atoms with van der Waals surface area (Å²) in [7, 11) is 0. The Bertz CT molecular complexity index is 968. The quantitative estimate of drug-likeness (QED) is 0.423. The zero-order chi connectivity index (χ0) is 20.1. The van der Waals surface area contributed by atoms with Gasteiger partial charge in [-0.3, -0.25) is 14.6 Å². The summed E-state index contributed by atoms with van der Waals surface area (Å²) in [4.78, 5) is 27.9. The molecule has 0 saturated heterocycles. The van der Waals surface area contributed by atoms with Crippen LogP contribution in [0.5, 0.6) is 0 Å². The first-order valence-corrected chi connectivity index (χ1v) is 8.81. The molecule has 0 unspecified atom stereocenters. The van der Waals surface area contributed by atoms with E-state index in [-0.39, 0.29) is 18.0 Å². The van der Waals surface area contributed by atoms with Crippen molar-refractivity contribution in [1.82, 2.24) is 4.67 Å². The minimum absolute atomic E-state index is 0.0411. The summed E-state index contributed by atoms with van der Waals surface area (Å²) in [5, 5.41) is 0. The number of rotatable bonds is 7. The molecule has 4 nitrogen and oxygen atoms in total. The molecular weight excluding hydrogens is 336 g/mol. The highest BCUT2D eigenvalue weighted by Gasteiger charge is 2.31. The number of hydrogen-bond acceptors (Lipinski definition) is 3. The zero-order valence-corrected chi connectivity index (χ0v) is 16.4. The summed E-state index contributed by atoms with van der Waals surface area (Å²) in [5.74, 6) is -0.0745. The number of fused-ring (bicyclic) bond motifs is 1. The Labute approximate surface area is 160 Å². The molecule has 0 aliphatic carbocycles. The van der Waals surface area contributed by atoms with Crippen LogP contribution in [0, 0.1) is 0 Å². The lowest BCUT2D eigenvalue weighted by Crippen LogP contribution is -2.27. The third kappa shape index (κ3) is 5.44. The molecule has 138 valence electrons. The van der Waals surface area contributed by atoms with Crippen LogP contribution >= 0.6 is 0 Å². The third-order valence-electron chi connectivity index (χ3n) is 3.98. The van der Waals surface area contributed by atoms with Crippen LogP contribution in [0.1, 0.15) is 50.8 Å². The topological polar surface area (TPSA) is 60.6 Å². The van der Waals surface area contributed by atoms with Crippen LogP contribution in [0.4, 0.5) is 0 Å². The Kier molecular flexibility index (Phi) is 6.38. The first-order valence-electron chi connectivity index (χ1n) is 8.81. The van der Waals surface area contributed by atoms with Crippen molar-refractivity contribution in [3.63, 3.8) is 0 Å². The van der Waals surface area contributed by atoms with Gasteiger partial charge in [0.25, 0.3) is 5.71 Å². The molecule has 0 saturated carbocycles. The van der Waals surface area contributed by atoms with Crippen LogP contribution in [0.25, 0.3) is 5.57 Å². The molecule has 2 rings (SSSR count). The first kappa shape index (κ1) is 20.2.